The van der Waals surface area contributed by atoms with Crippen LogP contribution in [0.15, 0.2) is 0 Å². The Bertz CT molecular complexity index is 139. The summed E-state index contributed by atoms with van der Waals surface area (Å²) in [4.78, 5) is 12.9. The van der Waals surface area contributed by atoms with Gasteiger partial charge in [-0.25, -0.2) is 0 Å². The van der Waals surface area contributed by atoms with Crippen LogP contribution in [0, 0.1) is 0 Å². The lowest BCUT2D eigenvalue weighted by Gasteiger charge is -2.13. The van der Waals surface area contributed by atoms with E-state index in [0.29, 0.717) is 19.6 Å². The zero-order valence-electron chi connectivity index (χ0n) is 8.45. The third kappa shape index (κ3) is 7.74. The maximum absolute atomic E-state index is 10.9. The average Bonchev–Trinajstić information content (AvgIpc) is 2.05. The normalized spacial score (nSPS) is 10.5. The van der Waals surface area contributed by atoms with Crippen LogP contribution in [0.5, 0.6) is 0 Å². The zero-order chi connectivity index (χ0) is 10.1. The van der Waals surface area contributed by atoms with Crippen molar-refractivity contribution in [2.24, 2.45) is 0 Å². The Morgan fingerprint density at radius 1 is 1.46 bits per heavy atom. The molecule has 0 aromatic heterocycles. The van der Waals surface area contributed by atoms with Gasteiger partial charge in [-0.3, -0.25) is 4.79 Å². The van der Waals surface area contributed by atoms with Gasteiger partial charge in [-0.05, 0) is 26.9 Å². The Labute approximate surface area is 79.5 Å². The minimum atomic E-state index is -0.139. The number of hydrogen-bond acceptors (Lipinski definition) is 4. The number of hydrogen-bond donors (Lipinski definition) is 1. The molecule has 0 radical (unpaired) electrons. The summed E-state index contributed by atoms with van der Waals surface area (Å²) in [6.07, 6.45) is 1.25. The van der Waals surface area contributed by atoms with Crippen molar-refractivity contribution < 1.29 is 14.6 Å². The van der Waals surface area contributed by atoms with E-state index in [1.165, 1.54) is 0 Å². The smallest absolute Gasteiger partial charge is 0.305 e. The summed E-state index contributed by atoms with van der Waals surface area (Å²) in [6.45, 7) is 3.89. The second-order valence-electron chi connectivity index (χ2n) is 2.94. The quantitative estimate of drug-likeness (QED) is 0.583. The Kier molecular flexibility index (Phi) is 7.63. The van der Waals surface area contributed by atoms with Crippen LogP contribution in [0.4, 0.5) is 0 Å². The molecule has 78 valence electrons. The van der Waals surface area contributed by atoms with Crippen molar-refractivity contribution in [3.05, 3.63) is 0 Å². The number of aliphatic hydroxyl groups excluding tert-OH is 1. The second-order valence-corrected chi connectivity index (χ2v) is 2.94. The molecule has 13 heavy (non-hydrogen) atoms. The fourth-order valence-electron chi connectivity index (χ4n) is 1.01. The van der Waals surface area contributed by atoms with Gasteiger partial charge in [0.2, 0.25) is 0 Å². The maximum atomic E-state index is 10.9. The Morgan fingerprint density at radius 3 is 2.69 bits per heavy atom. The lowest BCUT2D eigenvalue weighted by Crippen LogP contribution is -2.23. The molecule has 0 spiro atoms. The lowest BCUT2D eigenvalue weighted by molar-refractivity contribution is -0.143. The molecule has 0 aliphatic rings. The predicted molar refractivity (Wildman–Crippen MR) is 50.4 cm³/mol. The van der Waals surface area contributed by atoms with Gasteiger partial charge in [-0.1, -0.05) is 0 Å². The summed E-state index contributed by atoms with van der Waals surface area (Å²) in [7, 11) is 1.92. The Balaban J connectivity index is 3.28. The van der Waals surface area contributed by atoms with E-state index in [1.807, 2.05) is 11.9 Å². The van der Waals surface area contributed by atoms with E-state index in [9.17, 15) is 4.79 Å². The van der Waals surface area contributed by atoms with Crippen LogP contribution in [-0.4, -0.2) is 49.3 Å². The molecule has 0 rings (SSSR count). The van der Waals surface area contributed by atoms with Gasteiger partial charge in [0.05, 0.1) is 13.2 Å². The van der Waals surface area contributed by atoms with Crippen LogP contribution in [0.1, 0.15) is 19.8 Å². The van der Waals surface area contributed by atoms with E-state index >= 15 is 0 Å². The molecule has 0 heterocycles. The molecule has 4 heteroatoms. The molecule has 0 aromatic carbocycles. The van der Waals surface area contributed by atoms with Crippen molar-refractivity contribution in [3.8, 4) is 0 Å². The van der Waals surface area contributed by atoms with Crippen LogP contribution in [-0.2, 0) is 9.53 Å². The van der Waals surface area contributed by atoms with Gasteiger partial charge >= 0.3 is 5.97 Å². The highest BCUT2D eigenvalue weighted by atomic mass is 16.5. The first-order valence-corrected chi connectivity index (χ1v) is 4.65. The monoisotopic (exact) mass is 189 g/mol. The molecule has 0 fully saturated rings. The first kappa shape index (κ1) is 12.4. The van der Waals surface area contributed by atoms with Gasteiger partial charge in [0.15, 0.2) is 0 Å². The van der Waals surface area contributed by atoms with E-state index in [2.05, 4.69) is 0 Å². The SMILES string of the molecule is CCOC(=O)CCCN(C)CCO. The summed E-state index contributed by atoms with van der Waals surface area (Å²) in [5.41, 5.74) is 0. The van der Waals surface area contributed by atoms with Crippen LogP contribution in [0.2, 0.25) is 0 Å². The van der Waals surface area contributed by atoms with Crippen molar-refractivity contribution in [2.45, 2.75) is 19.8 Å². The van der Waals surface area contributed by atoms with Gasteiger partial charge in [0.25, 0.3) is 0 Å². The lowest BCUT2D eigenvalue weighted by atomic mass is 10.3. The molecule has 0 amide bonds. The van der Waals surface area contributed by atoms with Crippen molar-refractivity contribution in [1.29, 1.82) is 0 Å². The molecular formula is C9H19NO3. The Hall–Kier alpha value is -0.610. The minimum absolute atomic E-state index is 0.139. The van der Waals surface area contributed by atoms with Crippen molar-refractivity contribution in [1.82, 2.24) is 4.90 Å². The van der Waals surface area contributed by atoms with Crippen LogP contribution >= 0.6 is 0 Å². The first-order chi connectivity index (χ1) is 6.20. The number of carbonyl (C=O) groups excluding carboxylic acids is 1. The summed E-state index contributed by atoms with van der Waals surface area (Å²) < 4.78 is 4.78. The largest absolute Gasteiger partial charge is 0.466 e. The third-order valence-corrected chi connectivity index (χ3v) is 1.71. The topological polar surface area (TPSA) is 49.8 Å². The first-order valence-electron chi connectivity index (χ1n) is 4.65. The van der Waals surface area contributed by atoms with E-state index in [-0.39, 0.29) is 12.6 Å². The second kappa shape index (κ2) is 8.01. The fourth-order valence-corrected chi connectivity index (χ4v) is 1.01. The molecule has 0 aliphatic heterocycles. The predicted octanol–water partition coefficient (Wildman–Crippen LogP) is 0.254. The van der Waals surface area contributed by atoms with Gasteiger partial charge < -0.3 is 14.7 Å². The summed E-state index contributed by atoms with van der Waals surface area (Å²) >= 11 is 0. The molecule has 1 N–H and O–H groups in total. The fraction of sp³-hybridized carbons (Fsp3) is 0.889. The third-order valence-electron chi connectivity index (χ3n) is 1.71. The highest BCUT2D eigenvalue weighted by molar-refractivity contribution is 5.69. The van der Waals surface area contributed by atoms with E-state index in [1.54, 1.807) is 6.92 Å². The van der Waals surface area contributed by atoms with Crippen molar-refractivity contribution in [3.63, 3.8) is 0 Å². The number of esters is 1. The number of likely N-dealkylation sites (N-methyl/N-ethyl adjacent to an activating group) is 1. The van der Waals surface area contributed by atoms with Gasteiger partial charge in [-0.15, -0.1) is 0 Å². The molecule has 0 aromatic rings. The van der Waals surface area contributed by atoms with Gasteiger partial charge in [-0.2, -0.15) is 0 Å². The summed E-state index contributed by atoms with van der Waals surface area (Å²) in [6, 6.07) is 0. The van der Waals surface area contributed by atoms with E-state index < -0.39 is 0 Å². The van der Waals surface area contributed by atoms with Crippen molar-refractivity contribution in [2.75, 3.05) is 33.4 Å². The molecule has 4 nitrogen and oxygen atoms in total. The average molecular weight is 189 g/mol. The van der Waals surface area contributed by atoms with Gasteiger partial charge in [0, 0.05) is 13.0 Å². The molecule has 0 saturated carbocycles. The van der Waals surface area contributed by atoms with Crippen LogP contribution in [0.3, 0.4) is 0 Å². The molecule has 0 unspecified atom stereocenters. The number of ether oxygens (including phenoxy) is 1. The number of aliphatic hydroxyl groups is 1. The zero-order valence-corrected chi connectivity index (χ0v) is 8.45. The van der Waals surface area contributed by atoms with E-state index in [0.717, 1.165) is 13.0 Å². The molecule has 0 saturated heterocycles. The van der Waals surface area contributed by atoms with Gasteiger partial charge in [0.1, 0.15) is 0 Å². The van der Waals surface area contributed by atoms with Crippen LogP contribution in [0.25, 0.3) is 0 Å². The van der Waals surface area contributed by atoms with Crippen molar-refractivity contribution >= 4 is 5.97 Å². The van der Waals surface area contributed by atoms with E-state index in [4.69, 9.17) is 9.84 Å². The standard InChI is InChI=1S/C9H19NO3/c1-3-13-9(12)5-4-6-10(2)7-8-11/h11H,3-8H2,1-2H3. The minimum Gasteiger partial charge on any atom is -0.466 e. The molecule has 0 atom stereocenters. The highest BCUT2D eigenvalue weighted by Crippen LogP contribution is 1.95. The highest BCUT2D eigenvalue weighted by Gasteiger charge is 2.02. The molecule has 0 aliphatic carbocycles. The number of nitrogens with zero attached hydrogens (tertiary/aromatic N) is 1. The van der Waals surface area contributed by atoms with Crippen LogP contribution < -0.4 is 0 Å². The maximum Gasteiger partial charge on any atom is 0.305 e. The molecular weight excluding hydrogens is 170 g/mol. The molecule has 0 bridgehead atoms. The summed E-state index contributed by atoms with van der Waals surface area (Å²) in [5, 5.41) is 8.60. The Morgan fingerprint density at radius 2 is 2.15 bits per heavy atom. The number of rotatable bonds is 7. The number of carbonyl (C=O) groups is 1. The summed E-state index contributed by atoms with van der Waals surface area (Å²) in [5.74, 6) is -0.139.